The molecule has 6 nitrogen and oxygen atoms in total. The van der Waals surface area contributed by atoms with E-state index in [-0.39, 0.29) is 17.6 Å². The summed E-state index contributed by atoms with van der Waals surface area (Å²) >= 11 is 0. The van der Waals surface area contributed by atoms with Crippen molar-refractivity contribution < 1.29 is 24.2 Å². The molecule has 1 N–H and O–H groups in total. The van der Waals surface area contributed by atoms with E-state index in [1.54, 1.807) is 11.8 Å². The van der Waals surface area contributed by atoms with Gasteiger partial charge in [0.1, 0.15) is 5.60 Å². The van der Waals surface area contributed by atoms with Gasteiger partial charge in [0.15, 0.2) is 0 Å². The maximum absolute atomic E-state index is 12.5. The van der Waals surface area contributed by atoms with Crippen LogP contribution in [-0.2, 0) is 14.3 Å². The van der Waals surface area contributed by atoms with Crippen LogP contribution in [0.3, 0.4) is 0 Å². The summed E-state index contributed by atoms with van der Waals surface area (Å²) in [5.41, 5.74) is -0.418. The number of methoxy groups -OCH3 is 1. The largest absolute Gasteiger partial charge is 0.481 e. The average molecular weight is 313 g/mol. The third-order valence-corrected chi connectivity index (χ3v) is 4.67. The summed E-state index contributed by atoms with van der Waals surface area (Å²) in [7, 11) is 1.51. The summed E-state index contributed by atoms with van der Waals surface area (Å²) in [5, 5.41) is 9.29. The number of carboxylic acids is 1. The molecule has 2 rings (SSSR count). The second kappa shape index (κ2) is 5.72. The zero-order valence-electron chi connectivity index (χ0n) is 14.1. The second-order valence-electron chi connectivity index (χ2n) is 7.71. The Bertz CT molecular complexity index is 452. The lowest BCUT2D eigenvalue weighted by atomic mass is 9.92. The van der Waals surface area contributed by atoms with Gasteiger partial charge in [-0.2, -0.15) is 0 Å². The first-order valence-corrected chi connectivity index (χ1v) is 7.84. The molecule has 1 spiro atoms. The lowest BCUT2D eigenvalue weighted by Gasteiger charge is -2.34. The summed E-state index contributed by atoms with van der Waals surface area (Å²) < 4.78 is 11.0. The first-order chi connectivity index (χ1) is 10.1. The van der Waals surface area contributed by atoms with Gasteiger partial charge >= 0.3 is 12.1 Å². The molecule has 1 saturated heterocycles. The Labute approximate surface area is 131 Å². The number of carbonyl (C=O) groups is 2. The minimum atomic E-state index is -0.910. The molecular weight excluding hydrogens is 286 g/mol. The van der Waals surface area contributed by atoms with Crippen LogP contribution in [0.5, 0.6) is 0 Å². The quantitative estimate of drug-likeness (QED) is 0.863. The maximum atomic E-state index is 12.5. The minimum Gasteiger partial charge on any atom is -0.481 e. The number of nitrogens with zero attached hydrogens (tertiary/aromatic N) is 1. The Morgan fingerprint density at radius 2 is 1.91 bits per heavy atom. The third-order valence-electron chi connectivity index (χ3n) is 4.67. The summed E-state index contributed by atoms with van der Waals surface area (Å²) in [4.78, 5) is 25.5. The van der Waals surface area contributed by atoms with E-state index < -0.39 is 23.6 Å². The van der Waals surface area contributed by atoms with Gasteiger partial charge < -0.3 is 19.5 Å². The molecule has 0 unspecified atom stereocenters. The summed E-state index contributed by atoms with van der Waals surface area (Å²) in [6, 6.07) is -0.242. The summed E-state index contributed by atoms with van der Waals surface area (Å²) in [6.07, 6.45) is 2.06. The average Bonchev–Trinajstić information content (AvgIpc) is 3.01. The highest BCUT2D eigenvalue weighted by Crippen LogP contribution is 2.56. The molecule has 1 amide bonds. The van der Waals surface area contributed by atoms with Crippen molar-refractivity contribution in [1.29, 1.82) is 0 Å². The van der Waals surface area contributed by atoms with Crippen LogP contribution in [-0.4, -0.2) is 53.5 Å². The summed E-state index contributed by atoms with van der Waals surface area (Å²) in [5.74, 6) is -1.58. The van der Waals surface area contributed by atoms with Gasteiger partial charge in [0.25, 0.3) is 0 Å². The van der Waals surface area contributed by atoms with Crippen molar-refractivity contribution in [3.8, 4) is 0 Å². The molecule has 1 saturated carbocycles. The molecule has 1 heterocycles. The molecule has 22 heavy (non-hydrogen) atoms. The highest BCUT2D eigenvalue weighted by Gasteiger charge is 2.56. The fourth-order valence-corrected chi connectivity index (χ4v) is 3.28. The van der Waals surface area contributed by atoms with E-state index in [2.05, 4.69) is 0 Å². The van der Waals surface area contributed by atoms with Gasteiger partial charge in [0, 0.05) is 13.7 Å². The molecule has 2 fully saturated rings. The fourth-order valence-electron chi connectivity index (χ4n) is 3.28. The molecule has 0 aromatic heterocycles. The highest BCUT2D eigenvalue weighted by atomic mass is 16.6. The number of aliphatic carboxylic acids is 1. The number of amides is 1. The van der Waals surface area contributed by atoms with Crippen LogP contribution in [0.2, 0.25) is 0 Å². The lowest BCUT2D eigenvalue weighted by Crippen LogP contribution is -2.49. The van der Waals surface area contributed by atoms with Crippen molar-refractivity contribution >= 4 is 12.1 Å². The predicted molar refractivity (Wildman–Crippen MR) is 80.6 cm³/mol. The SMILES string of the molecule is CO[C@H]([C@@H](C)C(=O)O)[C@@H]1CC2(CC2)CN1C(=O)OC(C)(C)C. The Hall–Kier alpha value is -1.30. The number of carbonyl (C=O) groups excluding carboxylic acids is 1. The number of rotatable bonds is 4. The van der Waals surface area contributed by atoms with Crippen LogP contribution in [0.25, 0.3) is 0 Å². The Kier molecular flexibility index (Phi) is 4.44. The number of likely N-dealkylation sites (tertiary alicyclic amines) is 1. The van der Waals surface area contributed by atoms with E-state index in [4.69, 9.17) is 9.47 Å². The number of ether oxygens (including phenoxy) is 2. The maximum Gasteiger partial charge on any atom is 0.410 e. The van der Waals surface area contributed by atoms with Gasteiger partial charge in [0.2, 0.25) is 0 Å². The second-order valence-corrected chi connectivity index (χ2v) is 7.71. The van der Waals surface area contributed by atoms with Crippen molar-refractivity contribution in [1.82, 2.24) is 4.90 Å². The molecule has 1 aliphatic carbocycles. The van der Waals surface area contributed by atoms with Crippen molar-refractivity contribution in [2.24, 2.45) is 11.3 Å². The van der Waals surface area contributed by atoms with E-state index >= 15 is 0 Å². The van der Waals surface area contributed by atoms with Crippen LogP contribution >= 0.6 is 0 Å². The van der Waals surface area contributed by atoms with Crippen LogP contribution in [0.4, 0.5) is 4.79 Å². The van der Waals surface area contributed by atoms with Gasteiger partial charge in [-0.1, -0.05) is 0 Å². The van der Waals surface area contributed by atoms with Gasteiger partial charge in [0.05, 0.1) is 18.1 Å². The van der Waals surface area contributed by atoms with E-state index in [1.165, 1.54) is 7.11 Å². The third kappa shape index (κ3) is 3.54. The first-order valence-electron chi connectivity index (χ1n) is 7.84. The smallest absolute Gasteiger partial charge is 0.410 e. The number of carboxylic acid groups (broad SMARTS) is 1. The van der Waals surface area contributed by atoms with Gasteiger partial charge in [-0.05, 0) is 52.4 Å². The lowest BCUT2D eigenvalue weighted by molar-refractivity contribution is -0.147. The van der Waals surface area contributed by atoms with Crippen LogP contribution < -0.4 is 0 Å². The molecule has 2 aliphatic rings. The van der Waals surface area contributed by atoms with Crippen LogP contribution in [0, 0.1) is 11.3 Å². The van der Waals surface area contributed by atoms with E-state index in [0.717, 1.165) is 19.3 Å². The van der Waals surface area contributed by atoms with E-state index in [9.17, 15) is 14.7 Å². The zero-order chi connectivity index (χ0) is 16.7. The monoisotopic (exact) mass is 313 g/mol. The van der Waals surface area contributed by atoms with Crippen LogP contribution in [0.15, 0.2) is 0 Å². The van der Waals surface area contributed by atoms with E-state index in [1.807, 2.05) is 20.8 Å². The summed E-state index contributed by atoms with van der Waals surface area (Å²) in [6.45, 7) is 7.75. The van der Waals surface area contributed by atoms with Crippen molar-refractivity contribution in [2.75, 3.05) is 13.7 Å². The fraction of sp³-hybridized carbons (Fsp3) is 0.875. The van der Waals surface area contributed by atoms with Gasteiger partial charge in [-0.15, -0.1) is 0 Å². The van der Waals surface area contributed by atoms with Crippen molar-refractivity contribution in [3.63, 3.8) is 0 Å². The first kappa shape index (κ1) is 17.1. The Balaban J connectivity index is 2.18. The molecule has 1 aliphatic heterocycles. The Morgan fingerprint density at radius 1 is 1.32 bits per heavy atom. The zero-order valence-corrected chi connectivity index (χ0v) is 14.1. The van der Waals surface area contributed by atoms with Crippen molar-refractivity contribution in [3.05, 3.63) is 0 Å². The normalized spacial score (nSPS) is 25.9. The van der Waals surface area contributed by atoms with Crippen LogP contribution in [0.1, 0.15) is 47.0 Å². The standard InChI is InChI=1S/C16H27NO5/c1-10(13(18)19)12(21-5)11-8-16(6-7-16)9-17(11)14(20)22-15(2,3)4/h10-12H,6-9H2,1-5H3,(H,18,19)/t10-,11+,12-/m1/s1. The number of hydrogen-bond acceptors (Lipinski definition) is 4. The minimum absolute atomic E-state index is 0.149. The molecular formula is C16H27NO5. The molecule has 0 radical (unpaired) electrons. The molecule has 0 aromatic rings. The van der Waals surface area contributed by atoms with Gasteiger partial charge in [-0.25, -0.2) is 4.79 Å². The molecule has 0 bridgehead atoms. The van der Waals surface area contributed by atoms with Crippen molar-refractivity contribution in [2.45, 2.75) is 64.7 Å². The highest BCUT2D eigenvalue weighted by molar-refractivity contribution is 5.72. The molecule has 6 heteroatoms. The number of hydrogen-bond donors (Lipinski definition) is 1. The van der Waals surface area contributed by atoms with Gasteiger partial charge in [-0.3, -0.25) is 4.79 Å². The van der Waals surface area contributed by atoms with E-state index in [0.29, 0.717) is 6.54 Å². The molecule has 3 atom stereocenters. The molecule has 0 aromatic carbocycles. The Morgan fingerprint density at radius 3 is 2.32 bits per heavy atom. The predicted octanol–water partition coefficient (Wildman–Crippen LogP) is 2.51. The topological polar surface area (TPSA) is 76.1 Å². The molecule has 126 valence electrons.